The largest absolute Gasteiger partial charge is 0.487 e. The Balaban J connectivity index is 1.89. The molecule has 1 aliphatic rings. The molecule has 1 amide bonds. The minimum Gasteiger partial charge on any atom is -0.487 e. The molecule has 1 aromatic carbocycles. The van der Waals surface area contributed by atoms with E-state index in [9.17, 15) is 9.59 Å². The average Bonchev–Trinajstić information content (AvgIpc) is 2.84. The van der Waals surface area contributed by atoms with Crippen molar-refractivity contribution in [2.75, 3.05) is 0 Å². The molecule has 40 heavy (non-hydrogen) atoms. The summed E-state index contributed by atoms with van der Waals surface area (Å²) in [6, 6.07) is -0.265. The van der Waals surface area contributed by atoms with Crippen LogP contribution in [0.2, 0.25) is 0 Å². The number of hydrogen-bond acceptors (Lipinski definition) is 4. The number of nitrogens with one attached hydrogen (secondary N) is 1. The number of carbonyl (C=O) groups excluding carboxylic acids is 2. The molecule has 0 aliphatic carbocycles. The molecule has 1 heterocycles. The van der Waals surface area contributed by atoms with Crippen LogP contribution in [-0.4, -0.2) is 23.5 Å². The number of carbonyl (C=O) groups is 2. The highest BCUT2D eigenvalue weighted by Gasteiger charge is 2.35. The molecule has 1 N–H and O–H groups in total. The van der Waals surface area contributed by atoms with Gasteiger partial charge in [-0.2, -0.15) is 0 Å². The fourth-order valence-corrected chi connectivity index (χ4v) is 6.22. The number of amides is 1. The zero-order valence-corrected chi connectivity index (χ0v) is 27.4. The zero-order chi connectivity index (χ0) is 30.0. The van der Waals surface area contributed by atoms with E-state index in [-0.39, 0.29) is 29.9 Å². The van der Waals surface area contributed by atoms with Crippen molar-refractivity contribution in [1.29, 1.82) is 0 Å². The van der Waals surface area contributed by atoms with E-state index < -0.39 is 0 Å². The van der Waals surface area contributed by atoms with Gasteiger partial charge in [0.25, 0.3) is 0 Å². The monoisotopic (exact) mass is 557 g/mol. The van der Waals surface area contributed by atoms with Crippen LogP contribution >= 0.6 is 0 Å². The van der Waals surface area contributed by atoms with Crippen molar-refractivity contribution in [3.63, 3.8) is 0 Å². The van der Waals surface area contributed by atoms with E-state index in [0.29, 0.717) is 5.75 Å². The van der Waals surface area contributed by atoms with Gasteiger partial charge >= 0.3 is 5.97 Å². The number of esters is 1. The van der Waals surface area contributed by atoms with E-state index in [1.165, 1.54) is 58.3 Å². The van der Waals surface area contributed by atoms with Gasteiger partial charge in [-0.3, -0.25) is 9.59 Å². The highest BCUT2D eigenvalue weighted by atomic mass is 16.5. The summed E-state index contributed by atoms with van der Waals surface area (Å²) < 4.78 is 12.6. The van der Waals surface area contributed by atoms with Crippen LogP contribution in [0, 0.1) is 38.5 Å². The van der Waals surface area contributed by atoms with Gasteiger partial charge in [0.1, 0.15) is 17.1 Å². The summed E-state index contributed by atoms with van der Waals surface area (Å²) in [4.78, 5) is 23.9. The molecule has 0 saturated carbocycles. The Morgan fingerprint density at radius 2 is 1.45 bits per heavy atom. The third-order valence-electron chi connectivity index (χ3n) is 8.98. The molecule has 0 aromatic heterocycles. The van der Waals surface area contributed by atoms with Crippen molar-refractivity contribution in [1.82, 2.24) is 5.32 Å². The summed E-state index contributed by atoms with van der Waals surface area (Å²) in [5, 5.41) is 2.75. The maximum atomic E-state index is 12.6. The van der Waals surface area contributed by atoms with Gasteiger partial charge in [0, 0.05) is 18.5 Å². The molecule has 0 bridgehead atoms. The molecule has 228 valence electrons. The Morgan fingerprint density at radius 1 is 0.875 bits per heavy atom. The normalized spacial score (nSPS) is 19.0. The minimum absolute atomic E-state index is 0.138. The molecule has 4 unspecified atom stereocenters. The molecule has 5 nitrogen and oxygen atoms in total. The van der Waals surface area contributed by atoms with Gasteiger partial charge in [0.2, 0.25) is 5.91 Å². The molecule has 0 saturated heterocycles. The molecule has 0 fully saturated rings. The Morgan fingerprint density at radius 3 is 2.02 bits per heavy atom. The van der Waals surface area contributed by atoms with Gasteiger partial charge in [-0.1, -0.05) is 72.6 Å². The van der Waals surface area contributed by atoms with Crippen LogP contribution in [0.1, 0.15) is 141 Å². The van der Waals surface area contributed by atoms with Crippen LogP contribution in [0.15, 0.2) is 0 Å². The maximum absolute atomic E-state index is 12.6. The van der Waals surface area contributed by atoms with Gasteiger partial charge in [0.05, 0.1) is 6.42 Å². The van der Waals surface area contributed by atoms with Gasteiger partial charge in [-0.25, -0.2) is 0 Å². The summed E-state index contributed by atoms with van der Waals surface area (Å²) in [6.07, 6.45) is 13.7. The van der Waals surface area contributed by atoms with Crippen molar-refractivity contribution in [3.8, 4) is 11.5 Å². The quantitative estimate of drug-likeness (QED) is 0.163. The average molecular weight is 558 g/mol. The van der Waals surface area contributed by atoms with Crippen LogP contribution in [0.3, 0.4) is 0 Å². The summed E-state index contributed by atoms with van der Waals surface area (Å²) in [7, 11) is 0. The molecule has 0 radical (unpaired) electrons. The van der Waals surface area contributed by atoms with E-state index in [4.69, 9.17) is 9.47 Å². The lowest BCUT2D eigenvalue weighted by molar-refractivity contribution is -0.135. The molecule has 0 spiro atoms. The number of fused-ring (bicyclic) bond motifs is 1. The third kappa shape index (κ3) is 10.7. The standard InChI is InChI=1S/C35H59NO4/c1-23(2)14-11-15-24(3)16-12-17-25(4)18-13-20-35(10)21-19-31-29(8)33(27(6)28(7)34(31)40-35)39-32(38)22-26(5)36-30(9)37/h23-26H,11-22H2,1-10H3,(H,36,37). The van der Waals surface area contributed by atoms with Crippen molar-refractivity contribution in [2.45, 2.75) is 158 Å². The Kier molecular flexibility index (Phi) is 13.5. The fraction of sp³-hybridized carbons (Fsp3) is 0.771. The molecule has 1 aliphatic heterocycles. The number of benzene rings is 1. The first kappa shape index (κ1) is 34.2. The first-order valence-corrected chi connectivity index (χ1v) is 16.0. The lowest BCUT2D eigenvalue weighted by atomic mass is 9.83. The molecule has 5 heteroatoms. The Hall–Kier alpha value is -2.04. The first-order valence-electron chi connectivity index (χ1n) is 16.0. The van der Waals surface area contributed by atoms with Crippen LogP contribution in [0.4, 0.5) is 0 Å². The first-order chi connectivity index (χ1) is 18.7. The highest BCUT2D eigenvalue weighted by Crippen LogP contribution is 2.45. The Labute approximate surface area is 245 Å². The number of hydrogen-bond donors (Lipinski definition) is 1. The predicted molar refractivity (Wildman–Crippen MR) is 166 cm³/mol. The van der Waals surface area contributed by atoms with Gasteiger partial charge in [0.15, 0.2) is 0 Å². The highest BCUT2D eigenvalue weighted by molar-refractivity contribution is 5.77. The van der Waals surface area contributed by atoms with Gasteiger partial charge < -0.3 is 14.8 Å². The maximum Gasteiger partial charge on any atom is 0.313 e. The molecular weight excluding hydrogens is 498 g/mol. The second-order valence-corrected chi connectivity index (χ2v) is 13.7. The van der Waals surface area contributed by atoms with Crippen molar-refractivity contribution in [3.05, 3.63) is 22.3 Å². The number of ether oxygens (including phenoxy) is 2. The van der Waals surface area contributed by atoms with E-state index >= 15 is 0 Å². The van der Waals surface area contributed by atoms with E-state index in [0.717, 1.165) is 65.0 Å². The molecule has 2 rings (SSSR count). The SMILES string of the molecule is CC(=O)NC(C)CC(=O)Oc1c(C)c(C)c2c(c1C)CCC(C)(CCCC(C)CCCC(C)CCCC(C)C)O2. The minimum atomic E-state index is -0.330. The van der Waals surface area contributed by atoms with Crippen LogP contribution in [-0.2, 0) is 16.0 Å². The third-order valence-corrected chi connectivity index (χ3v) is 8.98. The predicted octanol–water partition coefficient (Wildman–Crippen LogP) is 8.95. The summed E-state index contributed by atoms with van der Waals surface area (Å²) >= 11 is 0. The second-order valence-electron chi connectivity index (χ2n) is 13.7. The summed E-state index contributed by atoms with van der Waals surface area (Å²) in [5.41, 5.74) is 4.00. The smallest absolute Gasteiger partial charge is 0.313 e. The lowest BCUT2D eigenvalue weighted by Crippen LogP contribution is -2.37. The second kappa shape index (κ2) is 15.8. The summed E-state index contributed by atoms with van der Waals surface area (Å²) in [6.45, 7) is 21.1. The van der Waals surface area contributed by atoms with Gasteiger partial charge in [-0.15, -0.1) is 0 Å². The van der Waals surface area contributed by atoms with E-state index in [1.54, 1.807) is 0 Å². The van der Waals surface area contributed by atoms with Crippen molar-refractivity contribution >= 4 is 11.9 Å². The van der Waals surface area contributed by atoms with Crippen LogP contribution in [0.5, 0.6) is 11.5 Å². The van der Waals surface area contributed by atoms with Crippen molar-refractivity contribution in [2.24, 2.45) is 17.8 Å². The molecule has 4 atom stereocenters. The van der Waals surface area contributed by atoms with Crippen LogP contribution in [0.25, 0.3) is 0 Å². The lowest BCUT2D eigenvalue weighted by Gasteiger charge is -2.38. The Bertz CT molecular complexity index is 984. The number of rotatable bonds is 16. The molecular formula is C35H59NO4. The molecule has 1 aromatic rings. The van der Waals surface area contributed by atoms with E-state index in [1.807, 2.05) is 20.8 Å². The zero-order valence-electron chi connectivity index (χ0n) is 27.4. The van der Waals surface area contributed by atoms with E-state index in [2.05, 4.69) is 46.9 Å². The summed E-state index contributed by atoms with van der Waals surface area (Å²) in [5.74, 6) is 3.59. The van der Waals surface area contributed by atoms with Crippen molar-refractivity contribution < 1.29 is 19.1 Å². The fourth-order valence-electron chi connectivity index (χ4n) is 6.22. The van der Waals surface area contributed by atoms with Crippen LogP contribution < -0.4 is 14.8 Å². The van der Waals surface area contributed by atoms with Gasteiger partial charge in [-0.05, 0) is 94.7 Å². The topological polar surface area (TPSA) is 64.6 Å².